The van der Waals surface area contributed by atoms with Crippen molar-refractivity contribution in [1.29, 1.82) is 0 Å². The summed E-state index contributed by atoms with van der Waals surface area (Å²) in [5, 5.41) is 0. The Hall–Kier alpha value is -2.34. The van der Waals surface area contributed by atoms with E-state index >= 15 is 0 Å². The molecule has 0 spiro atoms. The Labute approximate surface area is 139 Å². The number of carbonyl (C=O) groups excluding carboxylic acids is 2. The van der Waals surface area contributed by atoms with Crippen molar-refractivity contribution in [3.8, 4) is 0 Å². The van der Waals surface area contributed by atoms with Crippen LogP contribution in [0.4, 0.5) is 8.78 Å². The minimum Gasteiger partial charge on any atom is -0.454 e. The van der Waals surface area contributed by atoms with E-state index in [-0.39, 0.29) is 5.56 Å². The molecule has 2 aromatic rings. The third-order valence-electron chi connectivity index (χ3n) is 2.87. The van der Waals surface area contributed by atoms with Crippen LogP contribution in [-0.2, 0) is 9.53 Å². The van der Waals surface area contributed by atoms with Crippen molar-refractivity contribution in [2.75, 3.05) is 6.61 Å². The Morgan fingerprint density at radius 3 is 2.39 bits per heavy atom. The van der Waals surface area contributed by atoms with Crippen LogP contribution in [0.1, 0.15) is 15.9 Å². The normalized spacial score (nSPS) is 10.7. The molecule has 118 valence electrons. The van der Waals surface area contributed by atoms with E-state index in [9.17, 15) is 18.4 Å². The third kappa shape index (κ3) is 5.10. The van der Waals surface area contributed by atoms with Crippen LogP contribution in [0.15, 0.2) is 53.0 Å². The summed E-state index contributed by atoms with van der Waals surface area (Å²) in [5.74, 6) is -3.49. The van der Waals surface area contributed by atoms with Gasteiger partial charge in [0.1, 0.15) is 0 Å². The molecule has 0 aliphatic rings. The van der Waals surface area contributed by atoms with Gasteiger partial charge in [-0.2, -0.15) is 0 Å². The van der Waals surface area contributed by atoms with Crippen LogP contribution in [0.2, 0.25) is 0 Å². The maximum absolute atomic E-state index is 13.0. The maximum Gasteiger partial charge on any atom is 0.331 e. The second-order valence-electron chi connectivity index (χ2n) is 4.54. The summed E-state index contributed by atoms with van der Waals surface area (Å²) >= 11 is 3.29. The van der Waals surface area contributed by atoms with Gasteiger partial charge in [0.15, 0.2) is 24.0 Å². The van der Waals surface area contributed by atoms with Gasteiger partial charge in [-0.15, -0.1) is 0 Å². The molecule has 0 N–H and O–H groups in total. The van der Waals surface area contributed by atoms with Crippen LogP contribution in [0, 0.1) is 11.6 Å². The molecule has 0 aliphatic heterocycles. The number of benzene rings is 2. The summed E-state index contributed by atoms with van der Waals surface area (Å²) in [4.78, 5) is 23.3. The monoisotopic (exact) mass is 380 g/mol. The molecule has 0 radical (unpaired) electrons. The molecule has 0 aromatic heterocycles. The zero-order chi connectivity index (χ0) is 16.8. The van der Waals surface area contributed by atoms with Gasteiger partial charge in [-0.3, -0.25) is 4.79 Å². The Bertz CT molecular complexity index is 755. The second kappa shape index (κ2) is 7.78. The second-order valence-corrected chi connectivity index (χ2v) is 5.46. The highest BCUT2D eigenvalue weighted by Gasteiger charge is 2.11. The lowest BCUT2D eigenvalue weighted by molar-refractivity contribution is -0.136. The quantitative estimate of drug-likeness (QED) is 0.444. The fourth-order valence-electron chi connectivity index (χ4n) is 1.68. The van der Waals surface area contributed by atoms with Gasteiger partial charge in [0, 0.05) is 16.1 Å². The number of carbonyl (C=O) groups is 2. The summed E-state index contributed by atoms with van der Waals surface area (Å²) in [6.07, 6.45) is 2.72. The largest absolute Gasteiger partial charge is 0.454 e. The standard InChI is InChI=1S/C17H11BrF2O3/c18-13-5-1-11(2-6-13)3-8-17(22)23-10-16(21)12-4-7-14(19)15(20)9-12/h1-9H,10H2/b8-3+. The first-order valence-electron chi connectivity index (χ1n) is 6.54. The summed E-state index contributed by atoms with van der Waals surface area (Å²) in [6, 6.07) is 9.96. The first-order valence-corrected chi connectivity index (χ1v) is 7.33. The van der Waals surface area contributed by atoms with E-state index in [1.807, 2.05) is 12.1 Å². The summed E-state index contributed by atoms with van der Waals surface area (Å²) < 4.78 is 31.5. The van der Waals surface area contributed by atoms with E-state index in [4.69, 9.17) is 4.74 Å². The molecule has 2 rings (SSSR count). The average molecular weight is 381 g/mol. The predicted octanol–water partition coefficient (Wildman–Crippen LogP) is 4.17. The van der Waals surface area contributed by atoms with Crippen molar-refractivity contribution in [3.05, 3.63) is 75.8 Å². The molecule has 0 amide bonds. The number of halogens is 3. The van der Waals surface area contributed by atoms with Gasteiger partial charge < -0.3 is 4.74 Å². The average Bonchev–Trinajstić information content (AvgIpc) is 2.54. The Kier molecular flexibility index (Phi) is 5.76. The van der Waals surface area contributed by atoms with Crippen LogP contribution < -0.4 is 0 Å². The zero-order valence-electron chi connectivity index (χ0n) is 11.8. The molecule has 0 saturated heterocycles. The first kappa shape index (κ1) is 17.0. The van der Waals surface area contributed by atoms with Crippen molar-refractivity contribution in [2.45, 2.75) is 0 Å². The molecule has 23 heavy (non-hydrogen) atoms. The highest BCUT2D eigenvalue weighted by molar-refractivity contribution is 9.10. The smallest absolute Gasteiger partial charge is 0.331 e. The lowest BCUT2D eigenvalue weighted by atomic mass is 10.1. The minimum atomic E-state index is -1.13. The van der Waals surface area contributed by atoms with Gasteiger partial charge in [0.2, 0.25) is 0 Å². The fourth-order valence-corrected chi connectivity index (χ4v) is 1.94. The Morgan fingerprint density at radius 1 is 1.04 bits per heavy atom. The highest BCUT2D eigenvalue weighted by atomic mass is 79.9. The number of rotatable bonds is 5. The van der Waals surface area contributed by atoms with Crippen molar-refractivity contribution in [2.24, 2.45) is 0 Å². The third-order valence-corrected chi connectivity index (χ3v) is 3.40. The van der Waals surface area contributed by atoms with Gasteiger partial charge in [-0.05, 0) is 42.0 Å². The number of ketones is 1. The van der Waals surface area contributed by atoms with E-state index in [1.54, 1.807) is 12.1 Å². The number of ether oxygens (including phenoxy) is 1. The molecular formula is C17H11BrF2O3. The SMILES string of the molecule is O=C(/C=C/c1ccc(Br)cc1)OCC(=O)c1ccc(F)c(F)c1. The van der Waals surface area contributed by atoms with E-state index < -0.39 is 30.0 Å². The topological polar surface area (TPSA) is 43.4 Å². The number of Topliss-reactive ketones (excluding diaryl/α,β-unsaturated/α-hetero) is 1. The first-order chi connectivity index (χ1) is 11.0. The van der Waals surface area contributed by atoms with Crippen LogP contribution in [0.5, 0.6) is 0 Å². The van der Waals surface area contributed by atoms with Crippen LogP contribution in [-0.4, -0.2) is 18.4 Å². The van der Waals surface area contributed by atoms with E-state index in [1.165, 1.54) is 12.2 Å². The summed E-state index contributed by atoms with van der Waals surface area (Å²) in [5.41, 5.74) is 0.727. The molecule has 0 bridgehead atoms. The lowest BCUT2D eigenvalue weighted by Crippen LogP contribution is -2.13. The minimum absolute atomic E-state index is 0.0615. The van der Waals surface area contributed by atoms with Crippen molar-refractivity contribution in [3.63, 3.8) is 0 Å². The molecule has 0 heterocycles. The van der Waals surface area contributed by atoms with Crippen molar-refractivity contribution >= 4 is 33.8 Å². The van der Waals surface area contributed by atoms with Crippen LogP contribution in [0.3, 0.4) is 0 Å². The van der Waals surface area contributed by atoms with Gasteiger partial charge in [0.25, 0.3) is 0 Å². The van der Waals surface area contributed by atoms with Crippen LogP contribution >= 0.6 is 15.9 Å². The summed E-state index contributed by atoms with van der Waals surface area (Å²) in [6.45, 7) is -0.547. The number of hydrogen-bond donors (Lipinski definition) is 0. The van der Waals surface area contributed by atoms with Crippen LogP contribution in [0.25, 0.3) is 6.08 Å². The molecule has 0 atom stereocenters. The molecule has 2 aromatic carbocycles. The molecule has 0 aliphatic carbocycles. The van der Waals surface area contributed by atoms with E-state index in [2.05, 4.69) is 15.9 Å². The fraction of sp³-hybridized carbons (Fsp3) is 0.0588. The lowest BCUT2D eigenvalue weighted by Gasteiger charge is -2.02. The number of esters is 1. The Balaban J connectivity index is 1.89. The zero-order valence-corrected chi connectivity index (χ0v) is 13.3. The maximum atomic E-state index is 13.0. The molecule has 3 nitrogen and oxygen atoms in total. The van der Waals surface area contributed by atoms with Gasteiger partial charge in [0.05, 0.1) is 0 Å². The van der Waals surface area contributed by atoms with Gasteiger partial charge in [-0.1, -0.05) is 28.1 Å². The molecule has 0 fully saturated rings. The van der Waals surface area contributed by atoms with E-state index in [0.717, 1.165) is 28.2 Å². The highest BCUT2D eigenvalue weighted by Crippen LogP contribution is 2.12. The molecule has 0 unspecified atom stereocenters. The molecule has 6 heteroatoms. The van der Waals surface area contributed by atoms with Crippen molar-refractivity contribution in [1.82, 2.24) is 0 Å². The van der Waals surface area contributed by atoms with Crippen molar-refractivity contribution < 1.29 is 23.1 Å². The molecular weight excluding hydrogens is 370 g/mol. The Morgan fingerprint density at radius 2 is 1.74 bits per heavy atom. The van der Waals surface area contributed by atoms with Gasteiger partial charge in [-0.25, -0.2) is 13.6 Å². The summed E-state index contributed by atoms with van der Waals surface area (Å²) in [7, 11) is 0. The predicted molar refractivity (Wildman–Crippen MR) is 84.8 cm³/mol. The van der Waals surface area contributed by atoms with Gasteiger partial charge >= 0.3 is 5.97 Å². The van der Waals surface area contributed by atoms with E-state index in [0.29, 0.717) is 0 Å². The number of hydrogen-bond acceptors (Lipinski definition) is 3. The molecule has 0 saturated carbocycles.